The third-order valence-electron chi connectivity index (χ3n) is 4.90. The van der Waals surface area contributed by atoms with Crippen molar-refractivity contribution < 1.29 is 22.9 Å². The van der Waals surface area contributed by atoms with E-state index in [2.05, 4.69) is 5.32 Å². The summed E-state index contributed by atoms with van der Waals surface area (Å²) in [5, 5.41) is 14.3. The van der Waals surface area contributed by atoms with Gasteiger partial charge in [-0.3, -0.25) is 24.0 Å². The Balaban J connectivity index is 2.44. The van der Waals surface area contributed by atoms with Gasteiger partial charge in [-0.25, -0.2) is 8.42 Å². The van der Waals surface area contributed by atoms with Crippen molar-refractivity contribution in [1.82, 2.24) is 10.2 Å². The molecule has 2 aromatic rings. The second-order valence-corrected chi connectivity index (χ2v) is 10.3. The predicted octanol–water partition coefficient (Wildman–Crippen LogP) is 2.96. The molecular formula is C22H27ClN4O6S. The quantitative estimate of drug-likeness (QED) is 0.386. The number of hydrogen-bond donors (Lipinski definition) is 1. The fraction of sp³-hybridized carbons (Fsp3) is 0.364. The number of anilines is 1. The molecule has 0 spiro atoms. The molecule has 0 saturated carbocycles. The maximum Gasteiger partial charge on any atom is 0.271 e. The number of sulfonamides is 1. The Morgan fingerprint density at radius 1 is 1.12 bits per heavy atom. The zero-order chi connectivity index (χ0) is 25.6. The fourth-order valence-electron chi connectivity index (χ4n) is 3.17. The highest BCUT2D eigenvalue weighted by Crippen LogP contribution is 2.24. The number of rotatable bonds is 10. The van der Waals surface area contributed by atoms with Gasteiger partial charge in [-0.2, -0.15) is 0 Å². The third kappa shape index (κ3) is 7.16. The maximum atomic E-state index is 13.4. The number of halogens is 1. The van der Waals surface area contributed by atoms with Crippen LogP contribution >= 0.6 is 11.6 Å². The number of hydrogen-bond acceptors (Lipinski definition) is 6. The summed E-state index contributed by atoms with van der Waals surface area (Å²) in [7, 11) is -4.00. The molecule has 1 atom stereocenters. The highest BCUT2D eigenvalue weighted by atomic mass is 35.5. The smallest absolute Gasteiger partial charge is 0.271 e. The molecule has 0 aliphatic rings. The van der Waals surface area contributed by atoms with E-state index in [0.717, 1.165) is 16.6 Å². The number of carbonyl (C=O) groups excluding carboxylic acids is 2. The average Bonchev–Trinajstić information content (AvgIpc) is 2.75. The lowest BCUT2D eigenvalue weighted by atomic mass is 10.1. The van der Waals surface area contributed by atoms with E-state index in [-0.39, 0.29) is 24.0 Å². The Kier molecular flexibility index (Phi) is 9.00. The standard InChI is InChI=1S/C22H27ClN4O6S/c1-15(2)24-22(29)16(3)25(13-17-8-5-6-11-20(17)23)21(28)14-26(34(4,32)33)18-9-7-10-19(12-18)27(30)31/h5-12,15-16H,13-14H2,1-4H3,(H,24,29). The minimum atomic E-state index is -4.00. The van der Waals surface area contributed by atoms with Crippen LogP contribution in [0.4, 0.5) is 11.4 Å². The number of non-ortho nitro benzene ring substituents is 1. The molecule has 0 saturated heterocycles. The highest BCUT2D eigenvalue weighted by molar-refractivity contribution is 7.92. The Labute approximate surface area is 203 Å². The molecule has 0 fully saturated rings. The van der Waals surface area contributed by atoms with Gasteiger partial charge in [0.05, 0.1) is 16.9 Å². The zero-order valence-corrected chi connectivity index (χ0v) is 20.8. The zero-order valence-electron chi connectivity index (χ0n) is 19.3. The van der Waals surface area contributed by atoms with Crippen LogP contribution in [0.25, 0.3) is 0 Å². The Morgan fingerprint density at radius 3 is 2.32 bits per heavy atom. The van der Waals surface area contributed by atoms with Crippen LogP contribution in [0.1, 0.15) is 26.3 Å². The van der Waals surface area contributed by atoms with Gasteiger partial charge in [0.15, 0.2) is 0 Å². The van der Waals surface area contributed by atoms with E-state index in [1.54, 1.807) is 38.1 Å². The molecule has 0 radical (unpaired) electrons. The minimum absolute atomic E-state index is 0.0398. The molecule has 34 heavy (non-hydrogen) atoms. The second kappa shape index (κ2) is 11.3. The van der Waals surface area contributed by atoms with Crippen molar-refractivity contribution in [3.05, 3.63) is 69.2 Å². The van der Waals surface area contributed by atoms with Gasteiger partial charge in [0.1, 0.15) is 12.6 Å². The van der Waals surface area contributed by atoms with Crippen molar-refractivity contribution in [3.8, 4) is 0 Å². The number of nitro benzene ring substituents is 1. The van der Waals surface area contributed by atoms with Crippen molar-refractivity contribution in [2.45, 2.75) is 39.4 Å². The fourth-order valence-corrected chi connectivity index (χ4v) is 4.21. The van der Waals surface area contributed by atoms with Gasteiger partial charge in [-0.15, -0.1) is 0 Å². The molecule has 184 valence electrons. The van der Waals surface area contributed by atoms with E-state index in [1.165, 1.54) is 30.0 Å². The number of amides is 2. The first-order valence-corrected chi connectivity index (χ1v) is 12.6. The first-order valence-electron chi connectivity index (χ1n) is 10.4. The normalized spacial score (nSPS) is 12.2. The lowest BCUT2D eigenvalue weighted by molar-refractivity contribution is -0.384. The summed E-state index contributed by atoms with van der Waals surface area (Å²) in [5.74, 6) is -1.10. The summed E-state index contributed by atoms with van der Waals surface area (Å²) in [6.45, 7) is 4.38. The number of nitro groups is 1. The largest absolute Gasteiger partial charge is 0.352 e. The molecule has 1 N–H and O–H groups in total. The van der Waals surface area contributed by atoms with Crippen molar-refractivity contribution >= 4 is 44.8 Å². The number of carbonyl (C=O) groups is 2. The molecular weight excluding hydrogens is 484 g/mol. The first kappa shape index (κ1) is 27.1. The topological polar surface area (TPSA) is 130 Å². The maximum absolute atomic E-state index is 13.4. The van der Waals surface area contributed by atoms with Crippen LogP contribution in [0, 0.1) is 10.1 Å². The van der Waals surface area contributed by atoms with Crippen LogP contribution in [0.3, 0.4) is 0 Å². The number of nitrogens with one attached hydrogen (secondary N) is 1. The van der Waals surface area contributed by atoms with Crippen molar-refractivity contribution in [3.63, 3.8) is 0 Å². The molecule has 12 heteroatoms. The molecule has 2 rings (SSSR count). The van der Waals surface area contributed by atoms with Gasteiger partial charge in [0, 0.05) is 29.7 Å². The summed E-state index contributed by atoms with van der Waals surface area (Å²) in [4.78, 5) is 37.8. The van der Waals surface area contributed by atoms with E-state index in [0.29, 0.717) is 10.6 Å². The van der Waals surface area contributed by atoms with Crippen molar-refractivity contribution in [1.29, 1.82) is 0 Å². The monoisotopic (exact) mass is 510 g/mol. The van der Waals surface area contributed by atoms with E-state index in [4.69, 9.17) is 11.6 Å². The van der Waals surface area contributed by atoms with E-state index in [1.807, 2.05) is 0 Å². The van der Waals surface area contributed by atoms with Crippen LogP contribution in [0.2, 0.25) is 5.02 Å². The number of nitrogens with zero attached hydrogens (tertiary/aromatic N) is 3. The Bertz CT molecular complexity index is 1170. The third-order valence-corrected chi connectivity index (χ3v) is 6.41. The molecule has 0 aliphatic heterocycles. The van der Waals surface area contributed by atoms with Crippen LogP contribution in [0.5, 0.6) is 0 Å². The van der Waals surface area contributed by atoms with E-state index >= 15 is 0 Å². The summed E-state index contributed by atoms with van der Waals surface area (Å²) < 4.78 is 25.8. The molecule has 10 nitrogen and oxygen atoms in total. The number of benzene rings is 2. The van der Waals surface area contributed by atoms with Gasteiger partial charge in [0.25, 0.3) is 5.69 Å². The Morgan fingerprint density at radius 2 is 1.76 bits per heavy atom. The first-order chi connectivity index (χ1) is 15.8. The van der Waals surface area contributed by atoms with Crippen LogP contribution in [0.15, 0.2) is 48.5 Å². The summed E-state index contributed by atoms with van der Waals surface area (Å²) in [5.41, 5.74) is 0.209. The minimum Gasteiger partial charge on any atom is -0.352 e. The lowest BCUT2D eigenvalue weighted by Crippen LogP contribution is -2.52. The molecule has 0 heterocycles. The molecule has 0 aromatic heterocycles. The molecule has 0 aliphatic carbocycles. The SMILES string of the molecule is CC(C)NC(=O)C(C)N(Cc1ccccc1Cl)C(=O)CN(c1cccc([N+](=O)[O-])c1)S(C)(=O)=O. The van der Waals surface area contributed by atoms with Gasteiger partial charge in [0.2, 0.25) is 21.8 Å². The summed E-state index contributed by atoms with van der Waals surface area (Å²) in [6.07, 6.45) is 0.895. The van der Waals surface area contributed by atoms with Crippen molar-refractivity contribution in [2.75, 3.05) is 17.1 Å². The molecule has 2 amide bonds. The average molecular weight is 511 g/mol. The lowest BCUT2D eigenvalue weighted by Gasteiger charge is -2.32. The van der Waals surface area contributed by atoms with E-state index in [9.17, 15) is 28.1 Å². The van der Waals surface area contributed by atoms with Crippen LogP contribution in [-0.2, 0) is 26.2 Å². The molecule has 1 unspecified atom stereocenters. The second-order valence-electron chi connectivity index (χ2n) is 8.00. The van der Waals surface area contributed by atoms with Gasteiger partial charge in [-0.1, -0.05) is 35.9 Å². The van der Waals surface area contributed by atoms with Crippen LogP contribution < -0.4 is 9.62 Å². The summed E-state index contributed by atoms with van der Waals surface area (Å²) in [6, 6.07) is 10.6. The van der Waals surface area contributed by atoms with Gasteiger partial charge >= 0.3 is 0 Å². The van der Waals surface area contributed by atoms with Crippen molar-refractivity contribution in [2.24, 2.45) is 0 Å². The van der Waals surface area contributed by atoms with E-state index < -0.39 is 39.3 Å². The summed E-state index contributed by atoms with van der Waals surface area (Å²) >= 11 is 6.25. The highest BCUT2D eigenvalue weighted by Gasteiger charge is 2.31. The Hall–Kier alpha value is -3.18. The molecule has 2 aromatic carbocycles. The predicted molar refractivity (Wildman–Crippen MR) is 130 cm³/mol. The molecule has 0 bridgehead atoms. The van der Waals surface area contributed by atoms with Gasteiger partial charge < -0.3 is 10.2 Å². The van der Waals surface area contributed by atoms with Crippen LogP contribution in [-0.4, -0.2) is 54.9 Å². The van der Waals surface area contributed by atoms with Gasteiger partial charge in [-0.05, 0) is 38.5 Å².